The number of fused-ring (bicyclic) bond motifs is 2. The van der Waals surface area contributed by atoms with Gasteiger partial charge in [0, 0.05) is 75.1 Å². The van der Waals surface area contributed by atoms with Gasteiger partial charge in [-0.05, 0) is 57.5 Å². The summed E-state index contributed by atoms with van der Waals surface area (Å²) in [5.41, 5.74) is 4.46. The minimum absolute atomic E-state index is 0.149. The van der Waals surface area contributed by atoms with Crippen molar-refractivity contribution >= 4 is 23.4 Å². The average Bonchev–Trinajstić information content (AvgIpc) is 2.98. The molecule has 0 spiro atoms. The van der Waals surface area contributed by atoms with Crippen LogP contribution in [-0.2, 0) is 28.8 Å². The summed E-state index contributed by atoms with van der Waals surface area (Å²) in [7, 11) is 5.71. The first-order valence-electron chi connectivity index (χ1n) is 15.3. The second-order valence-corrected chi connectivity index (χ2v) is 12.3. The first kappa shape index (κ1) is 29.2. The lowest BCUT2D eigenvalue weighted by atomic mass is 9.88. The van der Waals surface area contributed by atoms with Gasteiger partial charge in [-0.15, -0.1) is 0 Å². The van der Waals surface area contributed by atoms with Crippen LogP contribution in [0.3, 0.4) is 0 Å². The molecule has 1 aliphatic carbocycles. The number of rotatable bonds is 7. The van der Waals surface area contributed by atoms with Crippen LogP contribution < -0.4 is 14.7 Å². The van der Waals surface area contributed by atoms with E-state index < -0.39 is 0 Å². The van der Waals surface area contributed by atoms with E-state index in [9.17, 15) is 14.4 Å². The largest absolute Gasteiger partial charge is 0.504 e. The number of methoxy groups -OCH3 is 1. The first-order valence-corrected chi connectivity index (χ1v) is 15.3. The Morgan fingerprint density at radius 2 is 2.00 bits per heavy atom. The van der Waals surface area contributed by atoms with E-state index in [-0.39, 0.29) is 30.2 Å². The maximum atomic E-state index is 14.3. The summed E-state index contributed by atoms with van der Waals surface area (Å²) < 4.78 is 19.3. The van der Waals surface area contributed by atoms with Crippen molar-refractivity contribution in [2.75, 3.05) is 75.2 Å². The summed E-state index contributed by atoms with van der Waals surface area (Å²) >= 11 is 0. The van der Waals surface area contributed by atoms with Gasteiger partial charge in [0.1, 0.15) is 11.6 Å². The summed E-state index contributed by atoms with van der Waals surface area (Å²) in [5, 5.41) is 9.60. The number of carbonyl (C=O) groups excluding carboxylic acids is 1. The molecule has 228 valence electrons. The zero-order valence-corrected chi connectivity index (χ0v) is 25.4. The van der Waals surface area contributed by atoms with Gasteiger partial charge in [0.05, 0.1) is 37.6 Å². The summed E-state index contributed by atoms with van der Waals surface area (Å²) in [6.45, 7) is 4.32. The number of likely N-dealkylation sites (N-methyl/N-ethyl adjacent to an activating group) is 1. The number of nitrogens with zero attached hydrogens (tertiary/aromatic N) is 8. The number of aryl methyl sites for hydroxylation is 1. The van der Waals surface area contributed by atoms with Gasteiger partial charge < -0.3 is 29.2 Å². The molecular weight excluding hydrogens is 547 g/mol. The molecule has 2 saturated heterocycles. The number of benzene rings is 1. The number of carbonyl (C=O) groups is 1. The van der Waals surface area contributed by atoms with Gasteiger partial charge in [0.25, 0.3) is 0 Å². The van der Waals surface area contributed by atoms with Gasteiger partial charge in [0.15, 0.2) is 0 Å². The number of hydrogen-bond acceptors (Lipinski definition) is 9. The Hall–Kier alpha value is -3.91. The highest BCUT2D eigenvalue weighted by atomic mass is 19.1. The average molecular weight is 589 g/mol. The van der Waals surface area contributed by atoms with Gasteiger partial charge >= 0.3 is 0 Å². The minimum atomic E-state index is -0.250. The van der Waals surface area contributed by atoms with Crippen molar-refractivity contribution in [2.45, 2.75) is 56.7 Å². The monoisotopic (exact) mass is 588 g/mol. The number of amides is 1. The SMILES string of the molecule is COC=CC(=O)N1CCN(c2nc(N3CC(N(C)C)C3)nc3c2CCC(N2CCCc4ccc(F)cc42)C3)CC1CC#N. The van der Waals surface area contributed by atoms with Crippen molar-refractivity contribution in [3.8, 4) is 6.07 Å². The molecule has 43 heavy (non-hydrogen) atoms. The van der Waals surface area contributed by atoms with Gasteiger partial charge in [-0.1, -0.05) is 6.07 Å². The third-order valence-corrected chi connectivity index (χ3v) is 9.47. The van der Waals surface area contributed by atoms with Crippen LogP contribution in [0.15, 0.2) is 30.5 Å². The van der Waals surface area contributed by atoms with Crippen LogP contribution in [0.2, 0.25) is 0 Å². The van der Waals surface area contributed by atoms with Gasteiger partial charge in [-0.2, -0.15) is 10.2 Å². The molecule has 1 amide bonds. The second-order valence-electron chi connectivity index (χ2n) is 12.3. The smallest absolute Gasteiger partial charge is 0.250 e. The molecule has 6 rings (SSSR count). The van der Waals surface area contributed by atoms with Crippen LogP contribution in [0.1, 0.15) is 36.1 Å². The zero-order chi connectivity index (χ0) is 30.1. The highest BCUT2D eigenvalue weighted by Gasteiger charge is 2.37. The Labute approximate surface area is 253 Å². The Morgan fingerprint density at radius 3 is 2.77 bits per heavy atom. The van der Waals surface area contributed by atoms with Gasteiger partial charge in [-0.3, -0.25) is 4.79 Å². The van der Waals surface area contributed by atoms with E-state index in [0.717, 1.165) is 80.4 Å². The van der Waals surface area contributed by atoms with Gasteiger partial charge in [0.2, 0.25) is 11.9 Å². The molecule has 4 aliphatic rings. The molecule has 11 heteroatoms. The molecule has 2 fully saturated rings. The Bertz CT molecular complexity index is 1420. The van der Waals surface area contributed by atoms with Crippen molar-refractivity contribution in [2.24, 2.45) is 0 Å². The van der Waals surface area contributed by atoms with E-state index in [1.807, 2.05) is 6.07 Å². The Balaban J connectivity index is 1.30. The topological polar surface area (TPSA) is 92.1 Å². The fourth-order valence-corrected chi connectivity index (χ4v) is 6.98. The van der Waals surface area contributed by atoms with Crippen molar-refractivity contribution in [1.29, 1.82) is 5.26 Å². The van der Waals surface area contributed by atoms with Crippen molar-refractivity contribution in [1.82, 2.24) is 19.8 Å². The number of nitriles is 1. The highest BCUT2D eigenvalue weighted by molar-refractivity contribution is 5.88. The Morgan fingerprint density at radius 1 is 1.16 bits per heavy atom. The Kier molecular flexibility index (Phi) is 8.39. The predicted octanol–water partition coefficient (Wildman–Crippen LogP) is 2.77. The molecule has 10 nitrogen and oxygen atoms in total. The standard InChI is InChI=1S/C32H41FN8O2/c1-37(2)26-20-39(21-26)32-35-28-18-24(40-13-4-5-22-6-7-23(33)17-29(22)40)8-9-27(28)31(36-32)38-14-15-41(25(19-38)10-12-34)30(42)11-16-43-3/h6-7,11,16-17,24-26H,4-5,8-10,13-15,18-21H2,1-3H3. The predicted molar refractivity (Wildman–Crippen MR) is 164 cm³/mol. The summed E-state index contributed by atoms with van der Waals surface area (Å²) in [4.78, 5) is 34.1. The molecule has 1 aromatic carbocycles. The number of aromatic nitrogens is 2. The third kappa shape index (κ3) is 5.85. The number of halogens is 1. The molecule has 0 bridgehead atoms. The van der Waals surface area contributed by atoms with Gasteiger partial charge in [-0.25, -0.2) is 9.37 Å². The molecule has 1 aromatic heterocycles. The minimum Gasteiger partial charge on any atom is -0.504 e. The fraction of sp³-hybridized carbons (Fsp3) is 0.562. The van der Waals surface area contributed by atoms with Crippen LogP contribution in [0.25, 0.3) is 0 Å². The lowest BCUT2D eigenvalue weighted by Crippen LogP contribution is -2.58. The molecule has 4 heterocycles. The lowest BCUT2D eigenvalue weighted by molar-refractivity contribution is -0.128. The van der Waals surface area contributed by atoms with E-state index in [4.69, 9.17) is 14.7 Å². The maximum Gasteiger partial charge on any atom is 0.250 e. The van der Waals surface area contributed by atoms with E-state index in [0.29, 0.717) is 25.7 Å². The third-order valence-electron chi connectivity index (χ3n) is 9.47. The van der Waals surface area contributed by atoms with Crippen molar-refractivity contribution in [3.05, 3.63) is 53.2 Å². The highest BCUT2D eigenvalue weighted by Crippen LogP contribution is 2.37. The maximum absolute atomic E-state index is 14.3. The fourth-order valence-electron chi connectivity index (χ4n) is 6.98. The molecular formula is C32H41FN8O2. The summed E-state index contributed by atoms with van der Waals surface area (Å²) in [6.07, 6.45) is 7.62. The summed E-state index contributed by atoms with van der Waals surface area (Å²) in [6, 6.07) is 7.93. The van der Waals surface area contributed by atoms with Crippen LogP contribution in [0, 0.1) is 17.1 Å². The van der Waals surface area contributed by atoms with Crippen molar-refractivity contribution in [3.63, 3.8) is 0 Å². The van der Waals surface area contributed by atoms with E-state index >= 15 is 0 Å². The molecule has 2 atom stereocenters. The van der Waals surface area contributed by atoms with Crippen LogP contribution in [0.4, 0.5) is 21.8 Å². The molecule has 0 saturated carbocycles. The summed E-state index contributed by atoms with van der Waals surface area (Å²) in [5.74, 6) is 1.34. The van der Waals surface area contributed by atoms with Crippen LogP contribution in [0.5, 0.6) is 0 Å². The van der Waals surface area contributed by atoms with Crippen LogP contribution >= 0.6 is 0 Å². The van der Waals surface area contributed by atoms with E-state index in [2.05, 4.69) is 39.8 Å². The number of piperazine rings is 1. The molecule has 0 N–H and O–H groups in total. The normalized spacial score (nSPS) is 22.3. The first-order chi connectivity index (χ1) is 20.9. The number of anilines is 3. The number of hydrogen-bond donors (Lipinski definition) is 0. The van der Waals surface area contributed by atoms with Crippen molar-refractivity contribution < 1.29 is 13.9 Å². The molecule has 2 unspecified atom stereocenters. The van der Waals surface area contributed by atoms with E-state index in [1.54, 1.807) is 17.0 Å². The second kappa shape index (κ2) is 12.4. The molecule has 0 radical (unpaired) electrons. The molecule has 2 aromatic rings. The number of ether oxygens (including phenoxy) is 1. The quantitative estimate of drug-likeness (QED) is 0.358. The van der Waals surface area contributed by atoms with Crippen LogP contribution in [-0.4, -0.2) is 104 Å². The zero-order valence-electron chi connectivity index (χ0n) is 25.4. The van der Waals surface area contributed by atoms with E-state index in [1.165, 1.54) is 25.0 Å². The lowest BCUT2D eigenvalue weighted by Gasteiger charge is -2.45. The molecule has 3 aliphatic heterocycles.